The number of hydrogen-bond acceptors (Lipinski definition) is 5. The molecule has 23 heavy (non-hydrogen) atoms. The van der Waals surface area contributed by atoms with Gasteiger partial charge in [-0.2, -0.15) is 0 Å². The molecule has 1 atom stereocenters. The smallest absolute Gasteiger partial charge is 0.331 e. The van der Waals surface area contributed by atoms with Gasteiger partial charge in [0, 0.05) is 11.6 Å². The van der Waals surface area contributed by atoms with Crippen LogP contribution in [0.15, 0.2) is 29.6 Å². The summed E-state index contributed by atoms with van der Waals surface area (Å²) >= 11 is 1.27. The van der Waals surface area contributed by atoms with E-state index < -0.39 is 17.9 Å². The largest absolute Gasteiger partial charge is 0.497 e. The molecule has 0 saturated carbocycles. The molecule has 1 heterocycles. The standard InChI is InChI=1S/C16H17NO5S/c1-9-6-7-23-14(9)15(18)17-13(16(19)20)11-5-4-10(21-2)8-12(11)22-3/h4-8,13H,1-3H3,(H,17,18)(H,19,20). The molecule has 2 rings (SSSR count). The van der Waals surface area contributed by atoms with Gasteiger partial charge in [0.15, 0.2) is 6.04 Å². The predicted molar refractivity (Wildman–Crippen MR) is 86.4 cm³/mol. The van der Waals surface area contributed by atoms with Crippen LogP contribution in [0.4, 0.5) is 0 Å². The van der Waals surface area contributed by atoms with Crippen molar-refractivity contribution in [3.63, 3.8) is 0 Å². The molecule has 0 bridgehead atoms. The maximum atomic E-state index is 12.3. The number of amides is 1. The molecular weight excluding hydrogens is 318 g/mol. The highest BCUT2D eigenvalue weighted by atomic mass is 32.1. The molecule has 2 aromatic rings. The SMILES string of the molecule is COc1ccc(C(NC(=O)c2sccc2C)C(=O)O)c(OC)c1. The van der Waals surface area contributed by atoms with Crippen molar-refractivity contribution >= 4 is 23.2 Å². The van der Waals surface area contributed by atoms with Gasteiger partial charge in [-0.15, -0.1) is 11.3 Å². The fourth-order valence-electron chi connectivity index (χ4n) is 2.13. The van der Waals surface area contributed by atoms with Crippen LogP contribution in [-0.2, 0) is 4.79 Å². The van der Waals surface area contributed by atoms with Crippen molar-refractivity contribution in [1.82, 2.24) is 5.32 Å². The van der Waals surface area contributed by atoms with E-state index in [0.29, 0.717) is 21.9 Å². The zero-order valence-corrected chi connectivity index (χ0v) is 13.8. The molecule has 0 radical (unpaired) electrons. The van der Waals surface area contributed by atoms with Crippen LogP contribution in [0.2, 0.25) is 0 Å². The van der Waals surface area contributed by atoms with Crippen molar-refractivity contribution in [1.29, 1.82) is 0 Å². The van der Waals surface area contributed by atoms with E-state index in [1.54, 1.807) is 30.5 Å². The Labute approximate surface area is 137 Å². The number of aliphatic carboxylic acids is 1. The van der Waals surface area contributed by atoms with Gasteiger partial charge >= 0.3 is 5.97 Å². The quantitative estimate of drug-likeness (QED) is 0.848. The van der Waals surface area contributed by atoms with Crippen LogP contribution >= 0.6 is 11.3 Å². The Morgan fingerprint density at radius 1 is 1.22 bits per heavy atom. The fourth-order valence-corrected chi connectivity index (χ4v) is 2.96. The van der Waals surface area contributed by atoms with E-state index in [-0.39, 0.29) is 0 Å². The van der Waals surface area contributed by atoms with Gasteiger partial charge in [0.2, 0.25) is 0 Å². The minimum absolute atomic E-state index is 0.333. The number of rotatable bonds is 6. The van der Waals surface area contributed by atoms with E-state index in [1.807, 2.05) is 6.07 Å². The molecule has 6 nitrogen and oxygen atoms in total. The maximum Gasteiger partial charge on any atom is 0.331 e. The third kappa shape index (κ3) is 3.62. The van der Waals surface area contributed by atoms with E-state index in [1.165, 1.54) is 25.6 Å². The number of thiophene rings is 1. The minimum Gasteiger partial charge on any atom is -0.497 e. The number of carboxylic acids is 1. The molecule has 122 valence electrons. The average molecular weight is 335 g/mol. The number of hydrogen-bond donors (Lipinski definition) is 2. The summed E-state index contributed by atoms with van der Waals surface area (Å²) in [5.41, 5.74) is 1.15. The van der Waals surface area contributed by atoms with Gasteiger partial charge in [-0.3, -0.25) is 4.79 Å². The lowest BCUT2D eigenvalue weighted by molar-refractivity contribution is -0.139. The second-order valence-corrected chi connectivity index (χ2v) is 5.70. The van der Waals surface area contributed by atoms with Crippen LogP contribution in [-0.4, -0.2) is 31.2 Å². The molecule has 0 aliphatic heterocycles. The number of carbonyl (C=O) groups excluding carboxylic acids is 1. The summed E-state index contributed by atoms with van der Waals surface area (Å²) in [7, 11) is 2.94. The van der Waals surface area contributed by atoms with Crippen molar-refractivity contribution in [2.75, 3.05) is 14.2 Å². The Morgan fingerprint density at radius 2 is 1.96 bits per heavy atom. The topological polar surface area (TPSA) is 84.9 Å². The number of methoxy groups -OCH3 is 2. The van der Waals surface area contributed by atoms with Gasteiger partial charge in [-0.25, -0.2) is 4.79 Å². The number of ether oxygens (including phenoxy) is 2. The third-order valence-electron chi connectivity index (χ3n) is 3.34. The summed E-state index contributed by atoms with van der Waals surface area (Å²) in [6, 6.07) is 5.36. The van der Waals surface area contributed by atoms with Crippen LogP contribution in [0, 0.1) is 6.92 Å². The average Bonchev–Trinajstić information content (AvgIpc) is 2.97. The first kappa shape index (κ1) is 16.8. The molecular formula is C16H17NO5S. The number of carbonyl (C=O) groups is 2. The van der Waals surface area contributed by atoms with E-state index in [4.69, 9.17) is 9.47 Å². The van der Waals surface area contributed by atoms with Gasteiger partial charge in [-0.1, -0.05) is 0 Å². The highest BCUT2D eigenvalue weighted by Crippen LogP contribution is 2.30. The van der Waals surface area contributed by atoms with Crippen molar-refractivity contribution < 1.29 is 24.2 Å². The lowest BCUT2D eigenvalue weighted by Gasteiger charge is -2.18. The summed E-state index contributed by atoms with van der Waals surface area (Å²) in [5, 5.41) is 13.8. The first-order chi connectivity index (χ1) is 11.0. The first-order valence-electron chi connectivity index (χ1n) is 6.77. The summed E-state index contributed by atoms with van der Waals surface area (Å²) in [5.74, 6) is -0.728. The summed E-state index contributed by atoms with van der Waals surface area (Å²) < 4.78 is 10.3. The van der Waals surface area contributed by atoms with Gasteiger partial charge < -0.3 is 19.9 Å². The van der Waals surface area contributed by atoms with E-state index in [0.717, 1.165) is 5.56 Å². The summed E-state index contributed by atoms with van der Waals surface area (Å²) in [6.07, 6.45) is 0. The normalized spacial score (nSPS) is 11.6. The first-order valence-corrected chi connectivity index (χ1v) is 7.65. The minimum atomic E-state index is -1.22. The van der Waals surface area contributed by atoms with Crippen molar-refractivity contribution in [3.05, 3.63) is 45.6 Å². The maximum absolute atomic E-state index is 12.3. The fraction of sp³-hybridized carbons (Fsp3) is 0.250. The predicted octanol–water partition coefficient (Wildman–Crippen LogP) is 2.63. The van der Waals surface area contributed by atoms with Gasteiger partial charge in [0.05, 0.1) is 19.1 Å². The lowest BCUT2D eigenvalue weighted by atomic mass is 10.0. The van der Waals surface area contributed by atoms with E-state index in [2.05, 4.69) is 5.32 Å². The van der Waals surface area contributed by atoms with Crippen LogP contribution in [0.25, 0.3) is 0 Å². The second kappa shape index (κ2) is 7.15. The molecule has 0 aliphatic carbocycles. The van der Waals surface area contributed by atoms with Crippen molar-refractivity contribution in [2.24, 2.45) is 0 Å². The van der Waals surface area contributed by atoms with Crippen LogP contribution < -0.4 is 14.8 Å². The molecule has 0 spiro atoms. The molecule has 7 heteroatoms. The van der Waals surface area contributed by atoms with Crippen LogP contribution in [0.5, 0.6) is 11.5 Å². The molecule has 0 aliphatic rings. The molecule has 0 saturated heterocycles. The Balaban J connectivity index is 2.34. The van der Waals surface area contributed by atoms with Crippen molar-refractivity contribution in [2.45, 2.75) is 13.0 Å². The molecule has 2 N–H and O–H groups in total. The Morgan fingerprint density at radius 3 is 2.48 bits per heavy atom. The van der Waals surface area contributed by atoms with E-state index >= 15 is 0 Å². The Hall–Kier alpha value is -2.54. The summed E-state index contributed by atoms with van der Waals surface area (Å²) in [4.78, 5) is 24.4. The molecule has 1 amide bonds. The molecule has 1 aromatic carbocycles. The Bertz CT molecular complexity index is 725. The monoisotopic (exact) mass is 335 g/mol. The van der Waals surface area contributed by atoms with Gasteiger partial charge in [0.25, 0.3) is 5.91 Å². The van der Waals surface area contributed by atoms with Crippen molar-refractivity contribution in [3.8, 4) is 11.5 Å². The second-order valence-electron chi connectivity index (χ2n) is 4.79. The van der Waals surface area contributed by atoms with Gasteiger partial charge in [-0.05, 0) is 36.1 Å². The molecule has 1 aromatic heterocycles. The number of aryl methyl sites for hydroxylation is 1. The lowest BCUT2D eigenvalue weighted by Crippen LogP contribution is -2.33. The van der Waals surface area contributed by atoms with Gasteiger partial charge in [0.1, 0.15) is 11.5 Å². The zero-order valence-electron chi connectivity index (χ0n) is 13.0. The van der Waals surface area contributed by atoms with E-state index in [9.17, 15) is 14.7 Å². The number of benzene rings is 1. The van der Waals surface area contributed by atoms with Crippen LogP contribution in [0.3, 0.4) is 0 Å². The molecule has 0 fully saturated rings. The third-order valence-corrected chi connectivity index (χ3v) is 4.36. The summed E-state index contributed by atoms with van der Waals surface area (Å²) in [6.45, 7) is 1.80. The number of nitrogens with one attached hydrogen (secondary N) is 1. The van der Waals surface area contributed by atoms with Crippen LogP contribution in [0.1, 0.15) is 26.8 Å². The highest BCUT2D eigenvalue weighted by molar-refractivity contribution is 7.12. The zero-order chi connectivity index (χ0) is 17.0. The highest BCUT2D eigenvalue weighted by Gasteiger charge is 2.27. The Kier molecular flexibility index (Phi) is 5.23. The number of carboxylic acid groups (broad SMARTS) is 1. The molecule has 1 unspecified atom stereocenters.